The zero-order chi connectivity index (χ0) is 66.9. The van der Waals surface area contributed by atoms with E-state index in [-0.39, 0.29) is 113 Å². The highest BCUT2D eigenvalue weighted by Crippen LogP contribution is 2.38. The molecule has 26 nitrogen and oxygen atoms in total. The fraction of sp³-hybridized carbons (Fsp3) is 0.631. The van der Waals surface area contributed by atoms with Crippen LogP contribution < -0.4 is 27.0 Å². The molecule has 3 fully saturated rings. The van der Waals surface area contributed by atoms with Gasteiger partial charge >= 0.3 is 30.2 Å². The molecule has 0 aromatic heterocycles. The molecule has 5 aliphatic heterocycles. The van der Waals surface area contributed by atoms with E-state index >= 15 is 0 Å². The maximum Gasteiger partial charge on any atom is 0.410 e. The predicted octanol–water partition coefficient (Wildman–Crippen LogP) is 4.87. The van der Waals surface area contributed by atoms with Gasteiger partial charge in [0.2, 0.25) is 17.7 Å². The topological polar surface area (TPSA) is 365 Å². The summed E-state index contributed by atoms with van der Waals surface area (Å²) in [4.78, 5) is 133. The Morgan fingerprint density at radius 3 is 2.21 bits per heavy atom. The number of carbonyl (C=O) groups excluding carboxylic acids is 10. The van der Waals surface area contributed by atoms with Crippen molar-refractivity contribution in [2.75, 3.05) is 31.5 Å². The largest absolute Gasteiger partial charge is 0.457 e. The van der Waals surface area contributed by atoms with Crippen molar-refractivity contribution in [1.82, 2.24) is 30.7 Å². The summed E-state index contributed by atoms with van der Waals surface area (Å²) in [5.74, 6) is -4.62. The molecule has 6 rings (SSSR count). The molecule has 9 N–H and O–H groups in total. The number of likely N-dealkylation sites (tertiary alicyclic amines) is 2. The second-order valence-electron chi connectivity index (χ2n) is 25.4. The lowest BCUT2D eigenvalue weighted by molar-refractivity contribution is -0.168. The number of rotatable bonds is 28. The van der Waals surface area contributed by atoms with Crippen LogP contribution in [-0.4, -0.2) is 188 Å². The van der Waals surface area contributed by atoms with E-state index in [0.29, 0.717) is 55.3 Å². The van der Waals surface area contributed by atoms with Crippen LogP contribution in [0.2, 0.25) is 0 Å². The van der Waals surface area contributed by atoms with Crippen LogP contribution in [0, 0.1) is 17.8 Å². The van der Waals surface area contributed by atoms with Gasteiger partial charge in [-0.15, -0.1) is 0 Å². The van der Waals surface area contributed by atoms with Gasteiger partial charge < -0.3 is 75.8 Å². The summed E-state index contributed by atoms with van der Waals surface area (Å²) >= 11 is 0. The normalized spacial score (nSPS) is 26.5. The van der Waals surface area contributed by atoms with Gasteiger partial charge in [-0.1, -0.05) is 77.5 Å². The Balaban J connectivity index is 1.02. The standard InChI is InChI=1S/C65H94N8O18/c1-10-49(76)41(6)58-50(88-58)34-64(8,86)28-14-16-39(4)57-40(5)19-24-51(65(9,91-42(7)74)29-27-47(75)33-55(80)90-57)89-63(85)73-36-45-32-46(73)35-72(45)62(84)87-37-43-20-22-44(23-21-43)68-59(81)48(17-15-30-67-61(66)83)69-60(82)56(38(2)3)70-52(77)18-12-11-13-31-71-53(78)25-26-54(71)79/h14,16,19-26,28,38,40-41,45-51,56-58,75-76,86H,10-13,15,17-18,27,29-37H2,1-9H3,(H,68,81)(H,69,82)(H,70,77)(H3,66,67,83)/b24-19+,28-14+,39-16+/t40-,41+,45+,46?,47+,48-,49-,50+,51-,56-,57+,58+,64-,65+/m0/s1. The van der Waals surface area contributed by atoms with E-state index in [1.807, 2.05) is 13.8 Å². The van der Waals surface area contributed by atoms with E-state index < -0.39 is 108 Å². The van der Waals surface area contributed by atoms with E-state index in [2.05, 4.69) is 21.3 Å². The number of amides is 9. The number of aliphatic hydroxyl groups is 3. The molecule has 0 aliphatic carbocycles. The summed E-state index contributed by atoms with van der Waals surface area (Å²) in [7, 11) is 0. The van der Waals surface area contributed by atoms with Crippen molar-refractivity contribution < 1.29 is 86.9 Å². The number of cyclic esters (lactones) is 1. The quantitative estimate of drug-likeness (QED) is 0.0105. The van der Waals surface area contributed by atoms with E-state index in [9.17, 15) is 63.3 Å². The minimum atomic E-state index is -1.50. The van der Waals surface area contributed by atoms with E-state index in [0.717, 1.165) is 4.90 Å². The third-order valence-corrected chi connectivity index (χ3v) is 17.3. The van der Waals surface area contributed by atoms with Crippen LogP contribution in [0.4, 0.5) is 20.1 Å². The molecule has 91 heavy (non-hydrogen) atoms. The monoisotopic (exact) mass is 1270 g/mol. The van der Waals surface area contributed by atoms with Gasteiger partial charge in [-0.25, -0.2) is 14.4 Å². The molecule has 502 valence electrons. The number of aliphatic hydroxyl groups excluding tert-OH is 2. The molecule has 9 amide bonds. The molecule has 0 saturated carbocycles. The average Bonchev–Trinajstić information content (AvgIpc) is 1.69. The van der Waals surface area contributed by atoms with Crippen LogP contribution in [0.25, 0.3) is 0 Å². The van der Waals surface area contributed by atoms with Crippen molar-refractivity contribution in [3.05, 3.63) is 77.9 Å². The second kappa shape index (κ2) is 33.1. The molecule has 0 radical (unpaired) electrons. The maximum atomic E-state index is 14.2. The molecule has 0 spiro atoms. The first-order chi connectivity index (χ1) is 43.0. The van der Waals surface area contributed by atoms with Crippen molar-refractivity contribution in [1.29, 1.82) is 0 Å². The molecule has 1 unspecified atom stereocenters. The maximum absolute atomic E-state index is 14.2. The van der Waals surface area contributed by atoms with Crippen LogP contribution in [0.3, 0.4) is 0 Å². The number of ether oxygens (including phenoxy) is 5. The molecule has 5 heterocycles. The number of anilines is 1. The van der Waals surface area contributed by atoms with Crippen LogP contribution in [-0.2, 0) is 63.9 Å². The molecular formula is C65H94N8O18. The Morgan fingerprint density at radius 1 is 0.912 bits per heavy atom. The number of hydrogen-bond donors (Lipinski definition) is 8. The Hall–Kier alpha value is -7.68. The highest BCUT2D eigenvalue weighted by atomic mass is 16.6. The number of imide groups is 1. The van der Waals surface area contributed by atoms with Gasteiger partial charge in [-0.2, -0.15) is 0 Å². The van der Waals surface area contributed by atoms with E-state index in [1.165, 1.54) is 24.0 Å². The summed E-state index contributed by atoms with van der Waals surface area (Å²) in [6.45, 7) is 15.8. The lowest BCUT2D eigenvalue weighted by atomic mass is 9.88. The summed E-state index contributed by atoms with van der Waals surface area (Å²) in [5, 5.41) is 43.3. The molecule has 5 aliphatic rings. The molecular weight excluding hydrogens is 1180 g/mol. The number of piperazine rings is 1. The smallest absolute Gasteiger partial charge is 0.410 e. The molecule has 1 aromatic rings. The average molecular weight is 1280 g/mol. The van der Waals surface area contributed by atoms with Gasteiger partial charge in [0.15, 0.2) is 6.10 Å². The van der Waals surface area contributed by atoms with Crippen molar-refractivity contribution in [2.45, 2.75) is 218 Å². The van der Waals surface area contributed by atoms with Gasteiger partial charge in [0.25, 0.3) is 11.8 Å². The number of unbranched alkanes of at least 4 members (excludes halogenated alkanes) is 2. The van der Waals surface area contributed by atoms with Gasteiger partial charge in [0.05, 0.1) is 48.5 Å². The van der Waals surface area contributed by atoms with Crippen LogP contribution in [0.5, 0.6) is 0 Å². The Bertz CT molecular complexity index is 2880. The molecule has 1 aromatic carbocycles. The zero-order valence-electron chi connectivity index (χ0n) is 53.8. The number of nitrogens with one attached hydrogen (secondary N) is 4. The van der Waals surface area contributed by atoms with Crippen molar-refractivity contribution in [3.8, 4) is 0 Å². The fourth-order valence-corrected chi connectivity index (χ4v) is 11.9. The Kier molecular flexibility index (Phi) is 26.3. The van der Waals surface area contributed by atoms with E-state index in [4.69, 9.17) is 29.4 Å². The second-order valence-corrected chi connectivity index (χ2v) is 25.4. The van der Waals surface area contributed by atoms with Crippen molar-refractivity contribution in [2.24, 2.45) is 23.5 Å². The number of carbonyl (C=O) groups is 10. The van der Waals surface area contributed by atoms with Crippen LogP contribution in [0.1, 0.15) is 145 Å². The number of esters is 2. The summed E-state index contributed by atoms with van der Waals surface area (Å²) in [5.41, 5.74) is 4.02. The number of fused-ring (bicyclic) bond motifs is 2. The Labute approximate surface area is 532 Å². The number of benzene rings is 1. The number of urea groups is 1. The first kappa shape index (κ1) is 72.4. The summed E-state index contributed by atoms with van der Waals surface area (Å²) in [6, 6.07) is 2.79. The van der Waals surface area contributed by atoms with Crippen LogP contribution >= 0.6 is 0 Å². The Morgan fingerprint density at radius 2 is 1.58 bits per heavy atom. The number of hydrogen-bond acceptors (Lipinski definition) is 18. The van der Waals surface area contributed by atoms with Gasteiger partial charge in [-0.05, 0) is 107 Å². The lowest BCUT2D eigenvalue weighted by Gasteiger charge is -2.38. The minimum absolute atomic E-state index is 0.000682. The summed E-state index contributed by atoms with van der Waals surface area (Å²) in [6.07, 6.45) is 8.19. The first-order valence-corrected chi connectivity index (χ1v) is 31.6. The van der Waals surface area contributed by atoms with Crippen LogP contribution in [0.15, 0.2) is 72.4 Å². The molecule has 2 bridgehead atoms. The third-order valence-electron chi connectivity index (χ3n) is 17.3. The van der Waals surface area contributed by atoms with Crippen molar-refractivity contribution in [3.63, 3.8) is 0 Å². The third kappa shape index (κ3) is 21.5. The predicted molar refractivity (Wildman–Crippen MR) is 331 cm³/mol. The van der Waals surface area contributed by atoms with Gasteiger partial charge in [-0.3, -0.25) is 38.5 Å². The first-order valence-electron chi connectivity index (χ1n) is 31.6. The highest BCUT2D eigenvalue weighted by Gasteiger charge is 2.51. The number of epoxide rings is 1. The number of nitrogens with two attached hydrogens (primary N) is 1. The SMILES string of the molecule is CC[C@H](O)[C@@H](C)[C@H]1O[C@@H]1C[C@@](C)(O)/C=C/C=C(\C)[C@H]1OC(=O)C[C@H](O)CC[C@@](C)(OC(C)=O)[C@@H](OC(=O)N2C[C@H]3CC2CN3C(=O)OCc2ccc(NC(=O)[C@H](CCCNC(N)=O)NC(=O)[C@@H](NC(=O)CCCCCN3C(=O)C=CC3=O)C(C)C)cc2)/C=C/[C@@H]1C. The van der Waals surface area contributed by atoms with Gasteiger partial charge in [0, 0.05) is 75.6 Å². The lowest BCUT2D eigenvalue weighted by Crippen LogP contribution is -2.54. The fourth-order valence-electron chi connectivity index (χ4n) is 11.9. The van der Waals surface area contributed by atoms with Gasteiger partial charge in [0.1, 0.15) is 30.4 Å². The number of nitrogens with zero attached hydrogens (tertiary/aromatic N) is 3. The van der Waals surface area contributed by atoms with E-state index in [1.54, 1.807) is 101 Å². The molecule has 3 saturated heterocycles. The number of primary amides is 1. The van der Waals surface area contributed by atoms with Crippen molar-refractivity contribution >= 4 is 65.4 Å². The molecule has 14 atom stereocenters. The zero-order valence-corrected chi connectivity index (χ0v) is 53.8. The summed E-state index contributed by atoms with van der Waals surface area (Å²) < 4.78 is 29.6. The highest BCUT2D eigenvalue weighted by molar-refractivity contribution is 6.12. The molecule has 26 heteroatoms. The number of allylic oxidation sites excluding steroid dienone is 2. The minimum Gasteiger partial charge on any atom is -0.457 e.